The Balaban J connectivity index is 2.21. The molecule has 0 saturated carbocycles. The van der Waals surface area contributed by atoms with E-state index in [9.17, 15) is 4.21 Å². The van der Waals surface area contributed by atoms with Crippen molar-refractivity contribution in [1.29, 1.82) is 0 Å². The molecule has 1 unspecified atom stereocenters. The van der Waals surface area contributed by atoms with Crippen LogP contribution in [0.3, 0.4) is 0 Å². The quantitative estimate of drug-likeness (QED) is 0.760. The van der Waals surface area contributed by atoms with E-state index in [4.69, 9.17) is 10.5 Å². The highest BCUT2D eigenvalue weighted by Crippen LogP contribution is 2.28. The van der Waals surface area contributed by atoms with E-state index in [0.717, 1.165) is 25.2 Å². The van der Waals surface area contributed by atoms with E-state index < -0.39 is 10.8 Å². The molecule has 0 fully saturated rings. The molecule has 0 bridgehead atoms. The Labute approximate surface area is 137 Å². The summed E-state index contributed by atoms with van der Waals surface area (Å²) in [7, 11) is 0.479. The average molecular weight is 419 g/mol. The predicted molar refractivity (Wildman–Crippen MR) is 89.4 cm³/mol. The van der Waals surface area contributed by atoms with Gasteiger partial charge in [-0.05, 0) is 67.8 Å². The van der Waals surface area contributed by atoms with Gasteiger partial charge in [-0.25, -0.2) is 0 Å². The Kier molecular flexibility index (Phi) is 5.23. The first-order chi connectivity index (χ1) is 9.51. The number of halogens is 2. The summed E-state index contributed by atoms with van der Waals surface area (Å²) in [6, 6.07) is 11.0. The zero-order valence-corrected chi connectivity index (χ0v) is 14.7. The van der Waals surface area contributed by atoms with Crippen LogP contribution in [0, 0.1) is 0 Å². The van der Waals surface area contributed by atoms with E-state index in [1.165, 1.54) is 0 Å². The second kappa shape index (κ2) is 6.74. The van der Waals surface area contributed by atoms with Gasteiger partial charge in [0.25, 0.3) is 0 Å². The van der Waals surface area contributed by atoms with Crippen molar-refractivity contribution in [2.24, 2.45) is 0 Å². The highest BCUT2D eigenvalue weighted by molar-refractivity contribution is 9.10. The summed E-state index contributed by atoms with van der Waals surface area (Å²) in [6.45, 7) is 0. The van der Waals surface area contributed by atoms with Crippen molar-refractivity contribution in [3.05, 3.63) is 50.9 Å². The van der Waals surface area contributed by atoms with Crippen molar-refractivity contribution in [2.75, 3.05) is 12.8 Å². The molecule has 0 radical (unpaired) electrons. The third-order valence-electron chi connectivity index (χ3n) is 2.72. The fourth-order valence-corrected chi connectivity index (χ4v) is 4.39. The maximum absolute atomic E-state index is 12.4. The van der Waals surface area contributed by atoms with Gasteiger partial charge in [0, 0.05) is 10.2 Å². The topological polar surface area (TPSA) is 52.3 Å². The lowest BCUT2D eigenvalue weighted by Crippen LogP contribution is -1.99. The molecule has 0 saturated heterocycles. The van der Waals surface area contributed by atoms with Crippen molar-refractivity contribution in [2.45, 2.75) is 10.6 Å². The van der Waals surface area contributed by atoms with Crippen molar-refractivity contribution in [3.63, 3.8) is 0 Å². The molecule has 2 aromatic carbocycles. The Hall–Kier alpha value is -0.850. The molecule has 2 rings (SSSR count). The van der Waals surface area contributed by atoms with Crippen LogP contribution in [-0.2, 0) is 16.6 Å². The van der Waals surface area contributed by atoms with Gasteiger partial charge in [0.15, 0.2) is 0 Å². The average Bonchev–Trinajstić information content (AvgIpc) is 2.38. The van der Waals surface area contributed by atoms with Crippen molar-refractivity contribution >= 4 is 48.3 Å². The highest BCUT2D eigenvalue weighted by atomic mass is 79.9. The van der Waals surface area contributed by atoms with Gasteiger partial charge in [0.05, 0.1) is 33.0 Å². The second-order valence-electron chi connectivity index (χ2n) is 4.15. The molecule has 20 heavy (non-hydrogen) atoms. The van der Waals surface area contributed by atoms with Gasteiger partial charge in [-0.15, -0.1) is 0 Å². The lowest BCUT2D eigenvalue weighted by atomic mass is 10.2. The van der Waals surface area contributed by atoms with Crippen LogP contribution in [-0.4, -0.2) is 11.3 Å². The molecule has 0 amide bonds. The van der Waals surface area contributed by atoms with Crippen LogP contribution in [0.5, 0.6) is 5.75 Å². The van der Waals surface area contributed by atoms with Crippen molar-refractivity contribution < 1.29 is 8.95 Å². The number of benzene rings is 2. The van der Waals surface area contributed by atoms with E-state index >= 15 is 0 Å². The van der Waals surface area contributed by atoms with Gasteiger partial charge in [0.2, 0.25) is 0 Å². The summed E-state index contributed by atoms with van der Waals surface area (Å²) < 4.78 is 19.2. The lowest BCUT2D eigenvalue weighted by molar-refractivity contribution is 0.412. The minimum Gasteiger partial charge on any atom is -0.496 e. The number of anilines is 1. The number of hydrogen-bond donors (Lipinski definition) is 1. The van der Waals surface area contributed by atoms with Gasteiger partial charge < -0.3 is 10.5 Å². The fourth-order valence-electron chi connectivity index (χ4n) is 1.73. The first kappa shape index (κ1) is 15.5. The molecule has 6 heteroatoms. The molecule has 0 spiro atoms. The normalized spacial score (nSPS) is 12.2. The number of nitrogens with two attached hydrogens (primary N) is 1. The van der Waals surface area contributed by atoms with Gasteiger partial charge in [-0.2, -0.15) is 0 Å². The van der Waals surface area contributed by atoms with Gasteiger partial charge >= 0.3 is 0 Å². The van der Waals surface area contributed by atoms with Crippen molar-refractivity contribution in [3.8, 4) is 5.75 Å². The summed E-state index contributed by atoms with van der Waals surface area (Å²) in [5, 5.41) is 0. The second-order valence-corrected chi connectivity index (χ2v) is 7.28. The van der Waals surface area contributed by atoms with Crippen molar-refractivity contribution in [1.82, 2.24) is 0 Å². The SMILES string of the molecule is COc1ccc(CS(=O)c2ccc(N)cc2Br)cc1Br. The standard InChI is InChI=1S/C14H13Br2NO2S/c1-19-13-4-2-9(6-11(13)15)8-20(18)14-5-3-10(17)7-12(14)16/h2-7H,8,17H2,1H3. The van der Waals surface area contributed by atoms with E-state index in [1.807, 2.05) is 18.2 Å². The maximum atomic E-state index is 12.4. The molecule has 0 aliphatic heterocycles. The maximum Gasteiger partial charge on any atom is 0.133 e. The highest BCUT2D eigenvalue weighted by Gasteiger charge is 2.11. The summed E-state index contributed by atoms with van der Waals surface area (Å²) in [5.41, 5.74) is 7.30. The molecule has 106 valence electrons. The summed E-state index contributed by atoms with van der Waals surface area (Å²) >= 11 is 6.82. The number of nitrogen functional groups attached to an aromatic ring is 1. The van der Waals surface area contributed by atoms with E-state index in [-0.39, 0.29) is 0 Å². The minimum atomic E-state index is -1.14. The molecule has 0 heterocycles. The summed E-state index contributed by atoms with van der Waals surface area (Å²) in [5.74, 6) is 1.19. The molecular formula is C14H13Br2NO2S. The molecule has 2 N–H and O–H groups in total. The van der Waals surface area contributed by atoms with Crippen LogP contribution in [0.2, 0.25) is 0 Å². The van der Waals surface area contributed by atoms with Crippen LogP contribution in [0.25, 0.3) is 0 Å². The Morgan fingerprint density at radius 1 is 1.15 bits per heavy atom. The van der Waals surface area contributed by atoms with Gasteiger partial charge in [-0.1, -0.05) is 6.07 Å². The zero-order chi connectivity index (χ0) is 14.7. The van der Waals surface area contributed by atoms with E-state index in [2.05, 4.69) is 31.9 Å². The molecule has 1 atom stereocenters. The minimum absolute atomic E-state index is 0.436. The van der Waals surface area contributed by atoms with Gasteiger partial charge in [0.1, 0.15) is 5.75 Å². The van der Waals surface area contributed by atoms with Gasteiger partial charge in [-0.3, -0.25) is 4.21 Å². The first-order valence-electron chi connectivity index (χ1n) is 5.77. The zero-order valence-electron chi connectivity index (χ0n) is 10.7. The smallest absolute Gasteiger partial charge is 0.133 e. The summed E-state index contributed by atoms with van der Waals surface area (Å²) in [4.78, 5) is 0.742. The molecule has 0 aromatic heterocycles. The third kappa shape index (κ3) is 3.62. The van der Waals surface area contributed by atoms with Crippen LogP contribution >= 0.6 is 31.9 Å². The summed E-state index contributed by atoms with van der Waals surface area (Å²) in [6.07, 6.45) is 0. The largest absolute Gasteiger partial charge is 0.496 e. The number of ether oxygens (including phenoxy) is 1. The van der Waals surface area contributed by atoms with Crippen LogP contribution < -0.4 is 10.5 Å². The Bertz CT molecular complexity index is 662. The molecular weight excluding hydrogens is 406 g/mol. The monoisotopic (exact) mass is 417 g/mol. The lowest BCUT2D eigenvalue weighted by Gasteiger charge is -2.08. The third-order valence-corrected chi connectivity index (χ3v) is 5.70. The first-order valence-corrected chi connectivity index (χ1v) is 8.67. The fraction of sp³-hybridized carbons (Fsp3) is 0.143. The van der Waals surface area contributed by atoms with E-state index in [1.54, 1.807) is 25.3 Å². The molecule has 0 aliphatic carbocycles. The van der Waals surface area contributed by atoms with Crippen LogP contribution in [0.4, 0.5) is 5.69 Å². The van der Waals surface area contributed by atoms with E-state index in [0.29, 0.717) is 11.4 Å². The number of methoxy groups -OCH3 is 1. The Morgan fingerprint density at radius 3 is 2.50 bits per heavy atom. The molecule has 3 nitrogen and oxygen atoms in total. The number of rotatable bonds is 4. The molecule has 2 aromatic rings. The van der Waals surface area contributed by atoms with Crippen LogP contribution in [0.15, 0.2) is 50.2 Å². The number of hydrogen-bond acceptors (Lipinski definition) is 3. The van der Waals surface area contributed by atoms with Crippen LogP contribution in [0.1, 0.15) is 5.56 Å². The predicted octanol–water partition coefficient (Wildman–Crippen LogP) is 4.11. The molecule has 0 aliphatic rings. The Morgan fingerprint density at radius 2 is 1.90 bits per heavy atom.